The maximum Gasteiger partial charge on any atom is 0.220 e. The number of likely N-dealkylation sites (N-methyl/N-ethyl adjacent to an activating group) is 1. The van der Waals surface area contributed by atoms with Gasteiger partial charge in [0.25, 0.3) is 0 Å². The van der Waals surface area contributed by atoms with Crippen molar-refractivity contribution in [3.63, 3.8) is 0 Å². The number of piperidine rings is 1. The first-order valence-electron chi connectivity index (χ1n) is 7.30. The lowest BCUT2D eigenvalue weighted by atomic mass is 10.0. The molecule has 0 spiro atoms. The normalized spacial score (nSPS) is 21.2. The maximum absolute atomic E-state index is 11.7. The van der Waals surface area contributed by atoms with Gasteiger partial charge in [0.2, 0.25) is 5.91 Å². The minimum absolute atomic E-state index is 0.194. The number of rotatable bonds is 7. The van der Waals surface area contributed by atoms with Gasteiger partial charge in [-0.05, 0) is 39.4 Å². The van der Waals surface area contributed by atoms with E-state index in [2.05, 4.69) is 36.4 Å². The van der Waals surface area contributed by atoms with Crippen LogP contribution in [0.4, 0.5) is 0 Å². The summed E-state index contributed by atoms with van der Waals surface area (Å²) >= 11 is 0. The van der Waals surface area contributed by atoms with Crippen LogP contribution in [0.2, 0.25) is 0 Å². The number of hydrogen-bond acceptors (Lipinski definition) is 3. The average molecular weight is 255 g/mol. The van der Waals surface area contributed by atoms with Gasteiger partial charge in [0, 0.05) is 25.0 Å². The Bertz CT molecular complexity index is 243. The second-order valence-electron chi connectivity index (χ2n) is 5.65. The molecule has 0 aromatic rings. The first kappa shape index (κ1) is 15.4. The number of carbonyl (C=O) groups excluding carboxylic acids is 1. The molecule has 1 saturated heterocycles. The monoisotopic (exact) mass is 255 g/mol. The predicted octanol–water partition coefficient (Wildman–Crippen LogP) is 1.37. The van der Waals surface area contributed by atoms with Gasteiger partial charge in [-0.25, -0.2) is 0 Å². The van der Waals surface area contributed by atoms with Crippen molar-refractivity contribution >= 4 is 5.91 Å². The molecular formula is C14H29N3O. The Balaban J connectivity index is 2.05. The highest BCUT2D eigenvalue weighted by Gasteiger charge is 2.18. The molecule has 0 saturated carbocycles. The van der Waals surface area contributed by atoms with Gasteiger partial charge >= 0.3 is 0 Å². The number of hydrogen-bond donors (Lipinski definition) is 2. The van der Waals surface area contributed by atoms with Crippen molar-refractivity contribution in [2.75, 3.05) is 26.7 Å². The Labute approximate surface area is 111 Å². The van der Waals surface area contributed by atoms with Crippen molar-refractivity contribution in [3.05, 3.63) is 0 Å². The average Bonchev–Trinajstić information content (AvgIpc) is 2.33. The van der Waals surface area contributed by atoms with Crippen molar-refractivity contribution in [3.8, 4) is 0 Å². The van der Waals surface area contributed by atoms with Gasteiger partial charge in [-0.1, -0.05) is 20.3 Å². The lowest BCUT2D eigenvalue weighted by Crippen LogP contribution is -2.44. The summed E-state index contributed by atoms with van der Waals surface area (Å²) in [4.78, 5) is 14.0. The summed E-state index contributed by atoms with van der Waals surface area (Å²) < 4.78 is 0. The van der Waals surface area contributed by atoms with E-state index in [4.69, 9.17) is 0 Å². The van der Waals surface area contributed by atoms with E-state index in [0.717, 1.165) is 19.5 Å². The second-order valence-corrected chi connectivity index (χ2v) is 5.65. The molecule has 4 heteroatoms. The van der Waals surface area contributed by atoms with Crippen molar-refractivity contribution in [1.82, 2.24) is 15.5 Å². The Morgan fingerprint density at radius 1 is 1.39 bits per heavy atom. The Morgan fingerprint density at radius 3 is 2.83 bits per heavy atom. The largest absolute Gasteiger partial charge is 0.355 e. The fraction of sp³-hybridized carbons (Fsp3) is 0.929. The lowest BCUT2D eigenvalue weighted by molar-refractivity contribution is -0.121. The third-order valence-electron chi connectivity index (χ3n) is 3.59. The molecule has 1 aliphatic rings. The molecule has 0 aromatic carbocycles. The summed E-state index contributed by atoms with van der Waals surface area (Å²) in [5, 5.41) is 6.39. The van der Waals surface area contributed by atoms with Gasteiger partial charge in [-0.2, -0.15) is 0 Å². The molecule has 1 unspecified atom stereocenters. The number of amides is 1. The van der Waals surface area contributed by atoms with Gasteiger partial charge < -0.3 is 15.5 Å². The highest BCUT2D eigenvalue weighted by molar-refractivity contribution is 5.75. The number of carbonyl (C=O) groups is 1. The van der Waals surface area contributed by atoms with Crippen LogP contribution in [0.3, 0.4) is 0 Å². The first-order chi connectivity index (χ1) is 8.59. The third kappa shape index (κ3) is 6.36. The summed E-state index contributed by atoms with van der Waals surface area (Å²) in [6, 6.07) is 1.04. The van der Waals surface area contributed by atoms with E-state index in [9.17, 15) is 4.79 Å². The van der Waals surface area contributed by atoms with Crippen molar-refractivity contribution in [2.45, 2.75) is 58.0 Å². The summed E-state index contributed by atoms with van der Waals surface area (Å²) in [5.41, 5.74) is 0. The molecule has 0 aliphatic carbocycles. The van der Waals surface area contributed by atoms with Crippen LogP contribution in [-0.2, 0) is 4.79 Å². The summed E-state index contributed by atoms with van der Waals surface area (Å²) in [6.07, 6.45) is 5.36. The Morgan fingerprint density at radius 2 is 2.17 bits per heavy atom. The number of nitrogens with zero attached hydrogens (tertiary/aromatic N) is 1. The van der Waals surface area contributed by atoms with Crippen molar-refractivity contribution in [1.29, 1.82) is 0 Å². The van der Waals surface area contributed by atoms with Gasteiger partial charge in [0.1, 0.15) is 0 Å². The zero-order chi connectivity index (χ0) is 13.4. The molecule has 1 heterocycles. The molecule has 0 bridgehead atoms. The Kier molecular flexibility index (Phi) is 7.28. The first-order valence-corrected chi connectivity index (χ1v) is 7.30. The van der Waals surface area contributed by atoms with Crippen LogP contribution in [0.5, 0.6) is 0 Å². The van der Waals surface area contributed by atoms with Crippen molar-refractivity contribution < 1.29 is 4.79 Å². The molecule has 106 valence electrons. The molecule has 1 amide bonds. The lowest BCUT2D eigenvalue weighted by Gasteiger charge is -2.32. The van der Waals surface area contributed by atoms with Gasteiger partial charge in [-0.15, -0.1) is 0 Å². The van der Waals surface area contributed by atoms with Crippen LogP contribution >= 0.6 is 0 Å². The van der Waals surface area contributed by atoms with E-state index in [1.54, 1.807) is 0 Å². The van der Waals surface area contributed by atoms with E-state index in [-0.39, 0.29) is 5.91 Å². The highest BCUT2D eigenvalue weighted by atomic mass is 16.1. The van der Waals surface area contributed by atoms with E-state index >= 15 is 0 Å². The minimum Gasteiger partial charge on any atom is -0.355 e. The van der Waals surface area contributed by atoms with Gasteiger partial charge in [0.05, 0.1) is 0 Å². The molecule has 1 fully saturated rings. The zero-order valence-corrected chi connectivity index (χ0v) is 12.2. The van der Waals surface area contributed by atoms with E-state index in [1.807, 2.05) is 0 Å². The van der Waals surface area contributed by atoms with Crippen molar-refractivity contribution in [2.24, 2.45) is 0 Å². The standard InChI is InChI=1S/C14H29N3O/c1-12(2)15-9-6-8-14(18)16-11-13-7-4-5-10-17(13)3/h12-13,15H,4-11H2,1-3H3,(H,16,18). The number of likely N-dealkylation sites (tertiary alicyclic amines) is 1. The van der Waals surface area contributed by atoms with Crippen LogP contribution < -0.4 is 10.6 Å². The van der Waals surface area contributed by atoms with Crippen LogP contribution in [0.1, 0.15) is 46.0 Å². The molecule has 1 atom stereocenters. The predicted molar refractivity (Wildman–Crippen MR) is 75.7 cm³/mol. The number of nitrogens with one attached hydrogen (secondary N) is 2. The van der Waals surface area contributed by atoms with E-state index in [1.165, 1.54) is 25.8 Å². The second kappa shape index (κ2) is 8.48. The fourth-order valence-corrected chi connectivity index (χ4v) is 2.36. The van der Waals surface area contributed by atoms with Crippen LogP contribution in [0, 0.1) is 0 Å². The van der Waals surface area contributed by atoms with Gasteiger partial charge in [0.15, 0.2) is 0 Å². The molecule has 1 rings (SSSR count). The Hall–Kier alpha value is -0.610. The molecule has 2 N–H and O–H groups in total. The third-order valence-corrected chi connectivity index (χ3v) is 3.59. The van der Waals surface area contributed by atoms with Crippen LogP contribution in [0.25, 0.3) is 0 Å². The smallest absolute Gasteiger partial charge is 0.220 e. The van der Waals surface area contributed by atoms with Crippen LogP contribution in [-0.4, -0.2) is 49.6 Å². The molecular weight excluding hydrogens is 226 g/mol. The fourth-order valence-electron chi connectivity index (χ4n) is 2.36. The topological polar surface area (TPSA) is 44.4 Å². The summed E-state index contributed by atoms with van der Waals surface area (Å²) in [7, 11) is 2.16. The quantitative estimate of drug-likeness (QED) is 0.675. The highest BCUT2D eigenvalue weighted by Crippen LogP contribution is 2.13. The SMILES string of the molecule is CC(C)NCCCC(=O)NCC1CCCCN1C. The van der Waals surface area contributed by atoms with E-state index < -0.39 is 0 Å². The molecule has 0 aromatic heterocycles. The summed E-state index contributed by atoms with van der Waals surface area (Å²) in [6.45, 7) is 7.15. The molecule has 1 aliphatic heterocycles. The zero-order valence-electron chi connectivity index (χ0n) is 12.2. The molecule has 0 radical (unpaired) electrons. The molecule has 4 nitrogen and oxygen atoms in total. The summed E-state index contributed by atoms with van der Waals surface area (Å²) in [5.74, 6) is 0.194. The maximum atomic E-state index is 11.7. The van der Waals surface area contributed by atoms with E-state index in [0.29, 0.717) is 18.5 Å². The minimum atomic E-state index is 0.194. The van der Waals surface area contributed by atoms with Crippen LogP contribution in [0.15, 0.2) is 0 Å². The van der Waals surface area contributed by atoms with Gasteiger partial charge in [-0.3, -0.25) is 4.79 Å². The molecule has 18 heavy (non-hydrogen) atoms.